The lowest BCUT2D eigenvalue weighted by Crippen LogP contribution is -2.41. The fourth-order valence-corrected chi connectivity index (χ4v) is 1.98. The first-order valence-corrected chi connectivity index (χ1v) is 6.07. The van der Waals surface area contributed by atoms with Crippen LogP contribution in [0.3, 0.4) is 0 Å². The maximum Gasteiger partial charge on any atom is 0.403 e. The smallest absolute Gasteiger partial charge is 0.403 e. The minimum atomic E-state index is -4.70. The van der Waals surface area contributed by atoms with Crippen LogP contribution < -0.4 is 5.32 Å². The number of carboxylic acids is 1. The topological polar surface area (TPSA) is 49.3 Å². The first-order valence-electron chi connectivity index (χ1n) is 6.07. The van der Waals surface area contributed by atoms with E-state index in [1.165, 1.54) is 0 Å². The average Bonchev–Trinajstić information content (AvgIpc) is 2.13. The highest BCUT2D eigenvalue weighted by Crippen LogP contribution is 2.26. The summed E-state index contributed by atoms with van der Waals surface area (Å²) in [5.41, 5.74) is 0. The molecular formula is C12H22F3NO2. The second-order valence-corrected chi connectivity index (χ2v) is 5.24. The van der Waals surface area contributed by atoms with Crippen molar-refractivity contribution in [1.82, 2.24) is 5.32 Å². The summed E-state index contributed by atoms with van der Waals surface area (Å²) in [6, 6.07) is 0. The Bertz CT molecular complexity index is 257. The molecule has 1 unspecified atom stereocenters. The molecule has 0 aliphatic carbocycles. The molecular weight excluding hydrogens is 247 g/mol. The van der Waals surface area contributed by atoms with Crippen molar-refractivity contribution in [2.75, 3.05) is 13.1 Å². The van der Waals surface area contributed by atoms with Crippen molar-refractivity contribution in [3.05, 3.63) is 0 Å². The van der Waals surface area contributed by atoms with E-state index in [1.807, 2.05) is 27.7 Å². The zero-order chi connectivity index (χ0) is 14.5. The van der Waals surface area contributed by atoms with Crippen molar-refractivity contribution in [2.45, 2.75) is 33.9 Å². The van der Waals surface area contributed by atoms with Crippen molar-refractivity contribution in [3.8, 4) is 0 Å². The molecule has 0 aliphatic heterocycles. The quantitative estimate of drug-likeness (QED) is 0.747. The highest BCUT2D eigenvalue weighted by Gasteiger charge is 2.44. The summed E-state index contributed by atoms with van der Waals surface area (Å²) in [6.45, 7) is 7.84. The lowest BCUT2D eigenvalue weighted by atomic mass is 9.85. The SMILES string of the molecule is CC(C)C(CNCC(C(=O)O)C(F)(F)F)C(C)C. The summed E-state index contributed by atoms with van der Waals surface area (Å²) in [7, 11) is 0. The normalized spacial score (nSPS) is 14.6. The maximum absolute atomic E-state index is 12.4. The van der Waals surface area contributed by atoms with Crippen LogP contribution in [0.1, 0.15) is 27.7 Å². The Morgan fingerprint density at radius 1 is 1.11 bits per heavy atom. The first-order chi connectivity index (χ1) is 8.07. The Morgan fingerprint density at radius 2 is 1.56 bits per heavy atom. The van der Waals surface area contributed by atoms with E-state index in [0.29, 0.717) is 18.4 Å². The molecule has 0 amide bonds. The number of hydrogen-bond acceptors (Lipinski definition) is 2. The number of nitrogens with one attached hydrogen (secondary N) is 1. The van der Waals surface area contributed by atoms with Crippen molar-refractivity contribution < 1.29 is 23.1 Å². The fourth-order valence-electron chi connectivity index (χ4n) is 1.98. The van der Waals surface area contributed by atoms with E-state index < -0.39 is 24.6 Å². The first kappa shape index (κ1) is 17.2. The molecule has 0 fully saturated rings. The van der Waals surface area contributed by atoms with Gasteiger partial charge in [0.05, 0.1) is 0 Å². The van der Waals surface area contributed by atoms with Gasteiger partial charge >= 0.3 is 12.1 Å². The van der Waals surface area contributed by atoms with Gasteiger partial charge in [-0.2, -0.15) is 13.2 Å². The van der Waals surface area contributed by atoms with Crippen LogP contribution in [0.4, 0.5) is 13.2 Å². The maximum atomic E-state index is 12.4. The molecule has 0 spiro atoms. The highest BCUT2D eigenvalue weighted by atomic mass is 19.4. The van der Waals surface area contributed by atoms with Crippen molar-refractivity contribution in [3.63, 3.8) is 0 Å². The van der Waals surface area contributed by atoms with Crippen LogP contribution in [0.25, 0.3) is 0 Å². The van der Waals surface area contributed by atoms with Gasteiger partial charge in [-0.25, -0.2) is 0 Å². The zero-order valence-electron chi connectivity index (χ0n) is 11.2. The summed E-state index contributed by atoms with van der Waals surface area (Å²) in [5.74, 6) is -3.26. The van der Waals surface area contributed by atoms with E-state index in [-0.39, 0.29) is 5.92 Å². The van der Waals surface area contributed by atoms with Gasteiger partial charge in [-0.05, 0) is 24.3 Å². The van der Waals surface area contributed by atoms with Crippen molar-refractivity contribution in [2.24, 2.45) is 23.7 Å². The molecule has 0 saturated heterocycles. The minimum Gasteiger partial charge on any atom is -0.481 e. The average molecular weight is 269 g/mol. The van der Waals surface area contributed by atoms with Crippen LogP contribution in [-0.2, 0) is 4.79 Å². The molecule has 0 saturated carbocycles. The van der Waals surface area contributed by atoms with Gasteiger partial charge in [-0.3, -0.25) is 4.79 Å². The van der Waals surface area contributed by atoms with E-state index >= 15 is 0 Å². The molecule has 0 heterocycles. The monoisotopic (exact) mass is 269 g/mol. The Morgan fingerprint density at radius 3 is 1.83 bits per heavy atom. The van der Waals surface area contributed by atoms with Gasteiger partial charge in [0.25, 0.3) is 0 Å². The number of rotatable bonds is 7. The van der Waals surface area contributed by atoms with Gasteiger partial charge in [0.2, 0.25) is 0 Å². The van der Waals surface area contributed by atoms with Gasteiger partial charge in [-0.1, -0.05) is 27.7 Å². The van der Waals surface area contributed by atoms with Crippen LogP contribution in [0.5, 0.6) is 0 Å². The van der Waals surface area contributed by atoms with Gasteiger partial charge in [0, 0.05) is 6.54 Å². The molecule has 0 aromatic carbocycles. The molecule has 1 atom stereocenters. The van der Waals surface area contributed by atoms with E-state index in [4.69, 9.17) is 5.11 Å². The Labute approximate surface area is 106 Å². The molecule has 2 N–H and O–H groups in total. The van der Waals surface area contributed by atoms with Crippen molar-refractivity contribution >= 4 is 5.97 Å². The van der Waals surface area contributed by atoms with E-state index in [0.717, 1.165) is 0 Å². The molecule has 18 heavy (non-hydrogen) atoms. The predicted octanol–water partition coefficient (Wildman–Crippen LogP) is 2.77. The summed E-state index contributed by atoms with van der Waals surface area (Å²) in [4.78, 5) is 10.5. The number of halogens is 3. The predicted molar refractivity (Wildman–Crippen MR) is 63.2 cm³/mol. The molecule has 0 aliphatic rings. The zero-order valence-corrected chi connectivity index (χ0v) is 11.2. The van der Waals surface area contributed by atoms with Crippen LogP contribution >= 0.6 is 0 Å². The lowest BCUT2D eigenvalue weighted by molar-refractivity contribution is -0.192. The van der Waals surface area contributed by atoms with Crippen LogP contribution in [-0.4, -0.2) is 30.3 Å². The fraction of sp³-hybridized carbons (Fsp3) is 0.917. The molecule has 0 rings (SSSR count). The standard InChI is InChI=1S/C12H22F3NO2/c1-7(2)9(8(3)4)5-16-6-10(11(17)18)12(13,14)15/h7-10,16H,5-6H2,1-4H3,(H,17,18). The third-order valence-electron chi connectivity index (χ3n) is 3.13. The number of carbonyl (C=O) groups is 1. The number of carboxylic acid groups (broad SMARTS) is 1. The second kappa shape index (κ2) is 6.97. The highest BCUT2D eigenvalue weighted by molar-refractivity contribution is 5.71. The van der Waals surface area contributed by atoms with Crippen LogP contribution in [0.2, 0.25) is 0 Å². The van der Waals surface area contributed by atoms with Crippen LogP contribution in [0, 0.1) is 23.7 Å². The summed E-state index contributed by atoms with van der Waals surface area (Å²) in [5, 5.41) is 11.2. The molecule has 6 heteroatoms. The third-order valence-corrected chi connectivity index (χ3v) is 3.13. The largest absolute Gasteiger partial charge is 0.481 e. The van der Waals surface area contributed by atoms with Crippen molar-refractivity contribution in [1.29, 1.82) is 0 Å². The van der Waals surface area contributed by atoms with Crippen LogP contribution in [0.15, 0.2) is 0 Å². The Kier molecular flexibility index (Phi) is 6.67. The number of hydrogen-bond donors (Lipinski definition) is 2. The minimum absolute atomic E-state index is 0.229. The molecule has 0 bridgehead atoms. The molecule has 0 aromatic heterocycles. The second-order valence-electron chi connectivity index (χ2n) is 5.24. The molecule has 108 valence electrons. The molecule has 3 nitrogen and oxygen atoms in total. The number of aliphatic carboxylic acids is 1. The summed E-state index contributed by atoms with van der Waals surface area (Å²) >= 11 is 0. The van der Waals surface area contributed by atoms with E-state index in [2.05, 4.69) is 5.32 Å². The van der Waals surface area contributed by atoms with Gasteiger partial charge in [0.15, 0.2) is 5.92 Å². The summed E-state index contributed by atoms with van der Waals surface area (Å²) < 4.78 is 37.2. The Balaban J connectivity index is 4.34. The Hall–Kier alpha value is -0.780. The molecule has 0 radical (unpaired) electrons. The molecule has 0 aromatic rings. The summed E-state index contributed by atoms with van der Waals surface area (Å²) in [6.07, 6.45) is -4.70. The van der Waals surface area contributed by atoms with Gasteiger partial charge in [-0.15, -0.1) is 0 Å². The van der Waals surface area contributed by atoms with Gasteiger partial charge in [0.1, 0.15) is 0 Å². The van der Waals surface area contributed by atoms with Gasteiger partial charge < -0.3 is 10.4 Å². The third kappa shape index (κ3) is 5.71. The number of alkyl halides is 3. The van der Waals surface area contributed by atoms with E-state index in [1.54, 1.807) is 0 Å². The van der Waals surface area contributed by atoms with E-state index in [9.17, 15) is 18.0 Å². The lowest BCUT2D eigenvalue weighted by Gasteiger charge is -2.26.